The van der Waals surface area contributed by atoms with Crippen molar-refractivity contribution in [2.24, 2.45) is 0 Å². The van der Waals surface area contributed by atoms with Crippen molar-refractivity contribution < 1.29 is 0 Å². The first-order chi connectivity index (χ1) is 6.88. The smallest absolute Gasteiger partial charge is 0.0843 e. The van der Waals surface area contributed by atoms with Crippen LogP contribution < -0.4 is 5.19 Å². The molecular weight excluding hydrogens is 184 g/mol. The third kappa shape index (κ3) is 0.991. The molecule has 0 fully saturated rings. The summed E-state index contributed by atoms with van der Waals surface area (Å²) in [6, 6.07) is 9.00. The average molecular weight is 198 g/mol. The Kier molecular flexibility index (Phi) is 1.74. The summed E-state index contributed by atoms with van der Waals surface area (Å²) in [6.07, 6.45) is 7.22. The largest absolute Gasteiger partial charge is 0.101 e. The van der Waals surface area contributed by atoms with Crippen molar-refractivity contribution in [1.82, 2.24) is 0 Å². The fourth-order valence-corrected chi connectivity index (χ4v) is 5.41. The van der Waals surface area contributed by atoms with Crippen LogP contribution in [0, 0.1) is 0 Å². The summed E-state index contributed by atoms with van der Waals surface area (Å²) >= 11 is 0. The minimum Gasteiger partial charge on any atom is -0.0843 e. The van der Waals surface area contributed by atoms with E-state index in [-0.39, 0.29) is 0 Å². The van der Waals surface area contributed by atoms with Gasteiger partial charge in [0.05, 0.1) is 0 Å². The van der Waals surface area contributed by atoms with Gasteiger partial charge in [-0.3, -0.25) is 0 Å². The van der Waals surface area contributed by atoms with Crippen LogP contribution in [0.3, 0.4) is 0 Å². The van der Waals surface area contributed by atoms with Gasteiger partial charge >= 0.3 is 0 Å². The maximum Gasteiger partial charge on any atom is 0.101 e. The molecule has 0 aromatic heterocycles. The fourth-order valence-electron chi connectivity index (χ4n) is 2.70. The van der Waals surface area contributed by atoms with E-state index in [4.69, 9.17) is 0 Å². The molecule has 70 valence electrons. The van der Waals surface area contributed by atoms with E-state index in [0.29, 0.717) is 0 Å². The molecule has 0 saturated heterocycles. The van der Waals surface area contributed by atoms with Crippen LogP contribution >= 0.6 is 0 Å². The first-order valence-electron chi connectivity index (χ1n) is 5.37. The lowest BCUT2D eigenvalue weighted by molar-refractivity contribution is 1.05. The van der Waals surface area contributed by atoms with E-state index < -0.39 is 8.80 Å². The summed E-state index contributed by atoms with van der Waals surface area (Å²) in [4.78, 5) is 0. The van der Waals surface area contributed by atoms with E-state index >= 15 is 0 Å². The minimum atomic E-state index is -0.793. The Morgan fingerprint density at radius 2 is 2.07 bits per heavy atom. The molecule has 0 saturated carbocycles. The van der Waals surface area contributed by atoms with Crippen molar-refractivity contribution >= 4 is 19.6 Å². The number of fused-ring (bicyclic) bond motifs is 2. The molecule has 1 aromatic rings. The van der Waals surface area contributed by atoms with Gasteiger partial charge in [0.1, 0.15) is 8.80 Å². The Balaban J connectivity index is 2.23. The van der Waals surface area contributed by atoms with Crippen LogP contribution in [0.15, 0.2) is 41.6 Å². The van der Waals surface area contributed by atoms with Crippen LogP contribution in [-0.4, -0.2) is 8.80 Å². The Hall–Kier alpha value is -1.08. The molecule has 1 unspecified atom stereocenters. The molecular formula is C13H14Si. The van der Waals surface area contributed by atoms with Crippen LogP contribution in [0.5, 0.6) is 0 Å². The Bertz CT molecular complexity index is 440. The number of allylic oxidation sites excluding steroid dienone is 4. The normalized spacial score (nSPS) is 23.6. The molecule has 3 rings (SSSR count). The Labute approximate surface area is 86.6 Å². The highest BCUT2D eigenvalue weighted by Crippen LogP contribution is 2.33. The molecule has 0 amide bonds. The third-order valence-corrected chi connectivity index (χ3v) is 6.34. The van der Waals surface area contributed by atoms with Crippen molar-refractivity contribution in [2.75, 3.05) is 0 Å². The highest BCUT2D eigenvalue weighted by atomic mass is 28.3. The second-order valence-corrected chi connectivity index (χ2v) is 6.87. The topological polar surface area (TPSA) is 0 Å². The molecule has 0 spiro atoms. The third-order valence-electron chi connectivity index (χ3n) is 3.43. The van der Waals surface area contributed by atoms with Gasteiger partial charge in [0.2, 0.25) is 0 Å². The summed E-state index contributed by atoms with van der Waals surface area (Å²) in [5.74, 6) is 0. The lowest BCUT2D eigenvalue weighted by Crippen LogP contribution is -2.25. The van der Waals surface area contributed by atoms with E-state index in [1.165, 1.54) is 12.8 Å². The summed E-state index contributed by atoms with van der Waals surface area (Å²) in [5, 5.41) is 3.35. The van der Waals surface area contributed by atoms with Crippen molar-refractivity contribution in [3.05, 3.63) is 47.2 Å². The molecule has 1 aliphatic carbocycles. The summed E-state index contributed by atoms with van der Waals surface area (Å²) < 4.78 is 0. The minimum absolute atomic E-state index is 0.793. The zero-order valence-corrected chi connectivity index (χ0v) is 9.61. The van der Waals surface area contributed by atoms with Crippen LogP contribution in [0.2, 0.25) is 6.55 Å². The molecule has 0 N–H and O–H groups in total. The maximum absolute atomic E-state index is 2.46. The number of hydrogen-bond donors (Lipinski definition) is 0. The summed E-state index contributed by atoms with van der Waals surface area (Å²) in [7, 11) is -0.793. The molecule has 1 atom stereocenters. The lowest BCUT2D eigenvalue weighted by atomic mass is 9.98. The fraction of sp³-hybridized carbons (Fsp3) is 0.231. The molecule has 14 heavy (non-hydrogen) atoms. The predicted molar refractivity (Wildman–Crippen MR) is 64.4 cm³/mol. The molecule has 0 radical (unpaired) electrons. The van der Waals surface area contributed by atoms with E-state index in [1.807, 2.05) is 0 Å². The van der Waals surface area contributed by atoms with E-state index in [2.05, 4.69) is 43.0 Å². The van der Waals surface area contributed by atoms with E-state index in [1.54, 1.807) is 21.5 Å². The molecule has 1 aliphatic heterocycles. The van der Waals surface area contributed by atoms with E-state index in [9.17, 15) is 0 Å². The molecule has 0 nitrogen and oxygen atoms in total. The van der Waals surface area contributed by atoms with Gasteiger partial charge < -0.3 is 0 Å². The maximum atomic E-state index is 2.46. The average Bonchev–Trinajstić information content (AvgIpc) is 2.55. The number of rotatable bonds is 0. The zero-order chi connectivity index (χ0) is 9.54. The summed E-state index contributed by atoms with van der Waals surface area (Å²) in [6.45, 7) is 2.46. The van der Waals surface area contributed by atoms with Gasteiger partial charge in [-0.2, -0.15) is 0 Å². The predicted octanol–water partition coefficient (Wildman–Crippen LogP) is 2.41. The van der Waals surface area contributed by atoms with Crippen LogP contribution in [0.25, 0.3) is 5.57 Å². The van der Waals surface area contributed by atoms with Gasteiger partial charge in [0.15, 0.2) is 0 Å². The molecule has 1 aromatic carbocycles. The van der Waals surface area contributed by atoms with Gasteiger partial charge in [-0.1, -0.05) is 53.3 Å². The highest BCUT2D eigenvalue weighted by Gasteiger charge is 2.27. The SMILES string of the molecule is C[SiH]1C2=C(CCC=C2)c2ccccc21. The van der Waals surface area contributed by atoms with Gasteiger partial charge in [0.25, 0.3) is 0 Å². The number of benzene rings is 1. The molecule has 1 heterocycles. The van der Waals surface area contributed by atoms with Gasteiger partial charge in [0, 0.05) is 0 Å². The van der Waals surface area contributed by atoms with Crippen molar-refractivity contribution in [3.8, 4) is 0 Å². The number of hydrogen-bond acceptors (Lipinski definition) is 0. The van der Waals surface area contributed by atoms with E-state index in [0.717, 1.165) is 0 Å². The van der Waals surface area contributed by atoms with Crippen LogP contribution in [0.1, 0.15) is 18.4 Å². The van der Waals surface area contributed by atoms with Crippen molar-refractivity contribution in [1.29, 1.82) is 0 Å². The van der Waals surface area contributed by atoms with Gasteiger partial charge in [-0.25, -0.2) is 0 Å². The van der Waals surface area contributed by atoms with Crippen LogP contribution in [0.4, 0.5) is 0 Å². The second kappa shape index (κ2) is 2.96. The van der Waals surface area contributed by atoms with Crippen molar-refractivity contribution in [3.63, 3.8) is 0 Å². The lowest BCUT2D eigenvalue weighted by Gasteiger charge is -2.10. The second-order valence-electron chi connectivity index (χ2n) is 4.18. The first-order valence-corrected chi connectivity index (χ1v) is 7.68. The highest BCUT2D eigenvalue weighted by molar-refractivity contribution is 6.83. The Morgan fingerprint density at radius 1 is 1.21 bits per heavy atom. The monoisotopic (exact) mass is 198 g/mol. The molecule has 1 heteroatoms. The van der Waals surface area contributed by atoms with Gasteiger partial charge in [-0.15, -0.1) is 0 Å². The van der Waals surface area contributed by atoms with Crippen LogP contribution in [-0.2, 0) is 0 Å². The molecule has 0 bridgehead atoms. The van der Waals surface area contributed by atoms with Gasteiger partial charge in [-0.05, 0) is 24.0 Å². The zero-order valence-electron chi connectivity index (χ0n) is 8.46. The standard InChI is InChI=1S/C13H14Si/c1-14-12-8-4-2-6-10(12)11-7-3-5-9-13(11)14/h2,4-6,8-9,14H,3,7H2,1H3. The summed E-state index contributed by atoms with van der Waals surface area (Å²) in [5.41, 5.74) is 3.22. The quantitative estimate of drug-likeness (QED) is 0.562. The Morgan fingerprint density at radius 3 is 3.00 bits per heavy atom. The molecule has 2 aliphatic rings. The first kappa shape index (κ1) is 8.24. The van der Waals surface area contributed by atoms with Crippen molar-refractivity contribution in [2.45, 2.75) is 19.4 Å².